The lowest BCUT2D eigenvalue weighted by atomic mass is 10.1. The summed E-state index contributed by atoms with van der Waals surface area (Å²) >= 11 is 0. The van der Waals surface area contributed by atoms with Crippen molar-refractivity contribution in [3.05, 3.63) is 65.5 Å². The molecule has 23 heavy (non-hydrogen) atoms. The number of carbonyl (C=O) groups excluding carboxylic acids is 2. The standard InChI is InChI=1S/C17H20N4O2/c18-8-2-10-20-16(22)14-6-4-13(5-7-14)11-21-17(23)15-3-1-9-19-12-15/h1,3-7,9,12H,2,8,10-11,18H2,(H,20,22)(H,21,23). The second-order valence-corrected chi connectivity index (χ2v) is 5.02. The molecule has 0 saturated carbocycles. The predicted octanol–water partition coefficient (Wildman–Crippen LogP) is 1.09. The average molecular weight is 312 g/mol. The fourth-order valence-corrected chi connectivity index (χ4v) is 1.96. The van der Waals surface area contributed by atoms with Crippen LogP contribution >= 0.6 is 0 Å². The molecule has 0 aliphatic heterocycles. The van der Waals surface area contributed by atoms with Gasteiger partial charge in [-0.2, -0.15) is 0 Å². The molecule has 2 rings (SSSR count). The van der Waals surface area contributed by atoms with Crippen molar-refractivity contribution in [3.8, 4) is 0 Å². The summed E-state index contributed by atoms with van der Waals surface area (Å²) in [6.07, 6.45) is 3.89. The molecule has 1 aromatic heterocycles. The number of nitrogens with one attached hydrogen (secondary N) is 2. The van der Waals surface area contributed by atoms with Gasteiger partial charge < -0.3 is 16.4 Å². The lowest BCUT2D eigenvalue weighted by molar-refractivity contribution is 0.0942. The molecule has 6 nitrogen and oxygen atoms in total. The van der Waals surface area contributed by atoms with Crippen LogP contribution in [0.15, 0.2) is 48.8 Å². The number of aromatic nitrogens is 1. The van der Waals surface area contributed by atoms with Gasteiger partial charge >= 0.3 is 0 Å². The highest BCUT2D eigenvalue weighted by molar-refractivity contribution is 5.94. The van der Waals surface area contributed by atoms with Crippen LogP contribution in [0.25, 0.3) is 0 Å². The first-order valence-electron chi connectivity index (χ1n) is 7.46. The fourth-order valence-electron chi connectivity index (χ4n) is 1.96. The van der Waals surface area contributed by atoms with Crippen molar-refractivity contribution in [1.29, 1.82) is 0 Å². The summed E-state index contributed by atoms with van der Waals surface area (Å²) in [5.74, 6) is -0.300. The Kier molecular flexibility index (Phi) is 6.26. The summed E-state index contributed by atoms with van der Waals surface area (Å²) in [6.45, 7) is 1.51. The van der Waals surface area contributed by atoms with Crippen LogP contribution in [0, 0.1) is 0 Å². The van der Waals surface area contributed by atoms with Gasteiger partial charge in [-0.3, -0.25) is 14.6 Å². The number of pyridine rings is 1. The molecule has 4 N–H and O–H groups in total. The highest BCUT2D eigenvalue weighted by Gasteiger charge is 2.06. The number of hydrogen-bond acceptors (Lipinski definition) is 4. The minimum Gasteiger partial charge on any atom is -0.352 e. The molecule has 0 aliphatic rings. The Morgan fingerprint density at radius 3 is 2.39 bits per heavy atom. The summed E-state index contributed by atoms with van der Waals surface area (Å²) in [5, 5.41) is 5.61. The second-order valence-electron chi connectivity index (χ2n) is 5.02. The molecule has 0 atom stereocenters. The smallest absolute Gasteiger partial charge is 0.253 e. The molecule has 1 aromatic carbocycles. The van der Waals surface area contributed by atoms with E-state index in [0.717, 1.165) is 12.0 Å². The highest BCUT2D eigenvalue weighted by atomic mass is 16.2. The minimum atomic E-state index is -0.179. The first-order valence-corrected chi connectivity index (χ1v) is 7.46. The Balaban J connectivity index is 1.85. The third-order valence-corrected chi connectivity index (χ3v) is 3.26. The van der Waals surface area contributed by atoms with Crippen LogP contribution in [0.5, 0.6) is 0 Å². The number of benzene rings is 1. The van der Waals surface area contributed by atoms with Gasteiger partial charge in [0.15, 0.2) is 0 Å². The number of nitrogens with two attached hydrogens (primary N) is 1. The quantitative estimate of drug-likeness (QED) is 0.667. The third-order valence-electron chi connectivity index (χ3n) is 3.26. The Bertz CT molecular complexity index is 641. The maximum absolute atomic E-state index is 11.9. The van der Waals surface area contributed by atoms with E-state index in [-0.39, 0.29) is 11.8 Å². The Morgan fingerprint density at radius 2 is 1.74 bits per heavy atom. The summed E-state index contributed by atoms with van der Waals surface area (Å²) < 4.78 is 0. The van der Waals surface area contributed by atoms with E-state index in [1.54, 1.807) is 30.5 Å². The van der Waals surface area contributed by atoms with Crippen LogP contribution in [0.2, 0.25) is 0 Å². The second kappa shape index (κ2) is 8.65. The van der Waals surface area contributed by atoms with E-state index in [4.69, 9.17) is 5.73 Å². The van der Waals surface area contributed by atoms with Crippen molar-refractivity contribution in [2.24, 2.45) is 5.73 Å². The van der Waals surface area contributed by atoms with Crippen molar-refractivity contribution in [2.45, 2.75) is 13.0 Å². The molecule has 2 aromatic rings. The van der Waals surface area contributed by atoms with Crippen LogP contribution in [0.4, 0.5) is 0 Å². The van der Waals surface area contributed by atoms with Gasteiger partial charge in [0.05, 0.1) is 5.56 Å². The molecule has 0 aliphatic carbocycles. The third kappa shape index (κ3) is 5.19. The predicted molar refractivity (Wildman–Crippen MR) is 87.9 cm³/mol. The van der Waals surface area contributed by atoms with E-state index in [1.165, 1.54) is 6.20 Å². The molecule has 0 saturated heterocycles. The molecule has 0 unspecified atom stereocenters. The van der Waals surface area contributed by atoms with Crippen molar-refractivity contribution in [1.82, 2.24) is 15.6 Å². The van der Waals surface area contributed by atoms with Gasteiger partial charge in [-0.25, -0.2) is 0 Å². The zero-order valence-corrected chi connectivity index (χ0v) is 12.8. The molecule has 0 bridgehead atoms. The van der Waals surface area contributed by atoms with Gasteiger partial charge in [0, 0.05) is 31.0 Å². The average Bonchev–Trinajstić information content (AvgIpc) is 2.61. The summed E-state index contributed by atoms with van der Waals surface area (Å²) in [4.78, 5) is 27.7. The molecular formula is C17H20N4O2. The van der Waals surface area contributed by atoms with E-state index in [2.05, 4.69) is 15.6 Å². The van der Waals surface area contributed by atoms with Gasteiger partial charge in [-0.15, -0.1) is 0 Å². The van der Waals surface area contributed by atoms with E-state index < -0.39 is 0 Å². The fraction of sp³-hybridized carbons (Fsp3) is 0.235. The molecular weight excluding hydrogens is 292 g/mol. The van der Waals surface area contributed by atoms with Crippen LogP contribution in [0.1, 0.15) is 32.7 Å². The van der Waals surface area contributed by atoms with Gasteiger partial charge in [0.25, 0.3) is 11.8 Å². The summed E-state index contributed by atoms with van der Waals surface area (Å²) in [5.41, 5.74) is 7.41. The van der Waals surface area contributed by atoms with Gasteiger partial charge in [0.2, 0.25) is 0 Å². The molecule has 2 amide bonds. The molecule has 6 heteroatoms. The SMILES string of the molecule is NCCCNC(=O)c1ccc(CNC(=O)c2cccnc2)cc1. The number of hydrogen-bond donors (Lipinski definition) is 3. The van der Waals surface area contributed by atoms with Crippen molar-refractivity contribution in [2.75, 3.05) is 13.1 Å². The maximum Gasteiger partial charge on any atom is 0.253 e. The van der Waals surface area contributed by atoms with Gasteiger partial charge in [-0.05, 0) is 42.8 Å². The van der Waals surface area contributed by atoms with Crippen LogP contribution in [-0.2, 0) is 6.54 Å². The van der Waals surface area contributed by atoms with E-state index >= 15 is 0 Å². The number of nitrogens with zero attached hydrogens (tertiary/aromatic N) is 1. The monoisotopic (exact) mass is 312 g/mol. The van der Waals surface area contributed by atoms with Crippen LogP contribution in [0.3, 0.4) is 0 Å². The molecule has 0 spiro atoms. The lowest BCUT2D eigenvalue weighted by Gasteiger charge is -2.07. The number of amides is 2. The van der Waals surface area contributed by atoms with E-state index in [9.17, 15) is 9.59 Å². The highest BCUT2D eigenvalue weighted by Crippen LogP contribution is 2.05. The normalized spacial score (nSPS) is 10.1. The largest absolute Gasteiger partial charge is 0.352 e. The Labute approximate surface area is 135 Å². The first kappa shape index (κ1) is 16.6. The van der Waals surface area contributed by atoms with E-state index in [0.29, 0.717) is 30.8 Å². The molecule has 0 fully saturated rings. The van der Waals surface area contributed by atoms with E-state index in [1.807, 2.05) is 12.1 Å². The van der Waals surface area contributed by atoms with Crippen LogP contribution in [-0.4, -0.2) is 29.9 Å². The topological polar surface area (TPSA) is 97.1 Å². The van der Waals surface area contributed by atoms with Gasteiger partial charge in [-0.1, -0.05) is 12.1 Å². The summed E-state index contributed by atoms with van der Waals surface area (Å²) in [6, 6.07) is 10.5. The Hall–Kier alpha value is -2.73. The first-order chi connectivity index (χ1) is 11.2. The summed E-state index contributed by atoms with van der Waals surface area (Å²) in [7, 11) is 0. The van der Waals surface area contributed by atoms with Crippen molar-refractivity contribution < 1.29 is 9.59 Å². The number of carbonyl (C=O) groups is 2. The molecule has 0 radical (unpaired) electrons. The zero-order chi connectivity index (χ0) is 16.5. The van der Waals surface area contributed by atoms with Gasteiger partial charge in [0.1, 0.15) is 0 Å². The minimum absolute atomic E-state index is 0.121. The lowest BCUT2D eigenvalue weighted by Crippen LogP contribution is -2.26. The molecule has 120 valence electrons. The Morgan fingerprint density at radius 1 is 1.00 bits per heavy atom. The zero-order valence-electron chi connectivity index (χ0n) is 12.8. The molecule has 1 heterocycles. The van der Waals surface area contributed by atoms with Crippen molar-refractivity contribution in [3.63, 3.8) is 0 Å². The van der Waals surface area contributed by atoms with Crippen LogP contribution < -0.4 is 16.4 Å². The van der Waals surface area contributed by atoms with Crippen molar-refractivity contribution >= 4 is 11.8 Å². The maximum atomic E-state index is 11.9. The number of rotatable bonds is 7.